The first-order valence-electron chi connectivity index (χ1n) is 5.58. The van der Waals surface area contributed by atoms with Gasteiger partial charge in [0.2, 0.25) is 10.0 Å². The van der Waals surface area contributed by atoms with Crippen molar-refractivity contribution >= 4 is 10.0 Å². The minimum Gasteiger partial charge on any atom is -0.497 e. The summed E-state index contributed by atoms with van der Waals surface area (Å²) in [4.78, 5) is 0. The van der Waals surface area contributed by atoms with E-state index in [1.165, 1.54) is 18.4 Å². The highest BCUT2D eigenvalue weighted by atomic mass is 32.2. The molecule has 0 bridgehead atoms. The van der Waals surface area contributed by atoms with Gasteiger partial charge in [0.1, 0.15) is 5.75 Å². The Morgan fingerprint density at radius 2 is 2.00 bits per heavy atom. The maximum Gasteiger partial charge on any atom is 0.215 e. The molecule has 0 aliphatic carbocycles. The van der Waals surface area contributed by atoms with E-state index in [0.717, 1.165) is 16.9 Å². The van der Waals surface area contributed by atoms with Crippen molar-refractivity contribution in [1.29, 1.82) is 0 Å². The minimum atomic E-state index is -3.30. The van der Waals surface area contributed by atoms with Gasteiger partial charge in [0, 0.05) is 20.1 Å². The lowest BCUT2D eigenvalue weighted by molar-refractivity contribution is 0.414. The number of rotatable bonds is 5. The Kier molecular flexibility index (Phi) is 4.72. The monoisotopic (exact) mass is 272 g/mol. The van der Waals surface area contributed by atoms with Crippen LogP contribution < -0.4 is 10.5 Å². The summed E-state index contributed by atoms with van der Waals surface area (Å²) < 4.78 is 29.8. The minimum absolute atomic E-state index is 0.104. The topological polar surface area (TPSA) is 72.6 Å². The number of aryl methyl sites for hydroxylation is 1. The van der Waals surface area contributed by atoms with E-state index in [9.17, 15) is 8.42 Å². The molecular weight excluding hydrogens is 252 g/mol. The average molecular weight is 272 g/mol. The van der Waals surface area contributed by atoms with Crippen LogP contribution in [0.25, 0.3) is 0 Å². The summed E-state index contributed by atoms with van der Waals surface area (Å²) in [5.41, 5.74) is 7.71. The van der Waals surface area contributed by atoms with E-state index in [4.69, 9.17) is 10.5 Å². The number of nitrogens with two attached hydrogens (primary N) is 1. The van der Waals surface area contributed by atoms with Crippen LogP contribution in [0.15, 0.2) is 18.2 Å². The van der Waals surface area contributed by atoms with Gasteiger partial charge in [0.05, 0.1) is 12.9 Å². The second kappa shape index (κ2) is 5.69. The van der Waals surface area contributed by atoms with E-state index in [-0.39, 0.29) is 5.75 Å². The molecule has 0 aromatic heterocycles. The van der Waals surface area contributed by atoms with Crippen LogP contribution in [0.2, 0.25) is 0 Å². The Bertz CT molecular complexity index is 512. The molecule has 1 rings (SSSR count). The number of sulfonamides is 1. The van der Waals surface area contributed by atoms with Crippen molar-refractivity contribution in [3.05, 3.63) is 29.3 Å². The Balaban J connectivity index is 2.95. The normalized spacial score (nSPS) is 13.7. The van der Waals surface area contributed by atoms with Gasteiger partial charge in [0.25, 0.3) is 0 Å². The lowest BCUT2D eigenvalue weighted by Crippen LogP contribution is -2.31. The highest BCUT2D eigenvalue weighted by molar-refractivity contribution is 7.89. The molecule has 0 aliphatic heterocycles. The molecule has 0 fully saturated rings. The van der Waals surface area contributed by atoms with Crippen molar-refractivity contribution in [2.45, 2.75) is 13.0 Å². The van der Waals surface area contributed by atoms with Crippen molar-refractivity contribution < 1.29 is 13.2 Å². The third-order valence-electron chi connectivity index (χ3n) is 2.82. The van der Waals surface area contributed by atoms with E-state index in [0.29, 0.717) is 0 Å². The first-order valence-corrected chi connectivity index (χ1v) is 7.19. The van der Waals surface area contributed by atoms with Gasteiger partial charge in [-0.15, -0.1) is 0 Å². The fourth-order valence-corrected chi connectivity index (χ4v) is 2.59. The second-order valence-electron chi connectivity index (χ2n) is 4.39. The summed E-state index contributed by atoms with van der Waals surface area (Å²) in [5, 5.41) is 0. The van der Waals surface area contributed by atoms with Crippen molar-refractivity contribution in [3.63, 3.8) is 0 Å². The van der Waals surface area contributed by atoms with Gasteiger partial charge in [-0.2, -0.15) is 0 Å². The Morgan fingerprint density at radius 3 is 2.44 bits per heavy atom. The molecule has 6 heteroatoms. The SMILES string of the molecule is COc1ccc(C(N)CS(=O)(=O)N(C)C)c(C)c1. The smallest absolute Gasteiger partial charge is 0.215 e. The summed E-state index contributed by atoms with van der Waals surface area (Å²) in [6.07, 6.45) is 0. The number of benzene rings is 1. The zero-order valence-electron chi connectivity index (χ0n) is 11.2. The predicted octanol–water partition coefficient (Wildman–Crippen LogP) is 0.895. The molecule has 1 atom stereocenters. The zero-order chi connectivity index (χ0) is 13.9. The molecule has 0 heterocycles. The molecule has 0 aliphatic rings. The number of nitrogens with zero attached hydrogens (tertiary/aromatic N) is 1. The molecular formula is C12H20N2O3S. The molecule has 102 valence electrons. The summed E-state index contributed by atoms with van der Waals surface area (Å²) in [6.45, 7) is 1.89. The standard InChI is InChI=1S/C12H20N2O3S/c1-9-7-10(17-4)5-6-11(9)12(13)8-18(15,16)14(2)3/h5-7,12H,8,13H2,1-4H3. The fourth-order valence-electron chi connectivity index (χ4n) is 1.66. The molecule has 1 aromatic rings. The van der Waals surface area contributed by atoms with Gasteiger partial charge < -0.3 is 10.5 Å². The molecule has 5 nitrogen and oxygen atoms in total. The summed E-state index contributed by atoms with van der Waals surface area (Å²) in [7, 11) is 1.29. The van der Waals surface area contributed by atoms with E-state index in [1.54, 1.807) is 13.2 Å². The highest BCUT2D eigenvalue weighted by Gasteiger charge is 2.20. The number of ether oxygens (including phenoxy) is 1. The largest absolute Gasteiger partial charge is 0.497 e. The maximum absolute atomic E-state index is 11.8. The Labute approximate surface area is 109 Å². The van der Waals surface area contributed by atoms with Crippen LogP contribution >= 0.6 is 0 Å². The molecule has 0 saturated heterocycles. The fraction of sp³-hybridized carbons (Fsp3) is 0.500. The van der Waals surface area contributed by atoms with Gasteiger partial charge in [-0.25, -0.2) is 12.7 Å². The van der Waals surface area contributed by atoms with Gasteiger partial charge in [-0.3, -0.25) is 0 Å². The van der Waals surface area contributed by atoms with Crippen molar-refractivity contribution in [3.8, 4) is 5.75 Å². The van der Waals surface area contributed by atoms with Crippen LogP contribution in [0.5, 0.6) is 5.75 Å². The van der Waals surface area contributed by atoms with Gasteiger partial charge in [0.15, 0.2) is 0 Å². The number of methoxy groups -OCH3 is 1. The molecule has 18 heavy (non-hydrogen) atoms. The first kappa shape index (κ1) is 14.9. The first-order chi connectivity index (χ1) is 8.27. The molecule has 0 spiro atoms. The average Bonchev–Trinajstić information content (AvgIpc) is 2.27. The van der Waals surface area contributed by atoms with Gasteiger partial charge in [-0.05, 0) is 30.2 Å². The zero-order valence-corrected chi connectivity index (χ0v) is 12.0. The van der Waals surface area contributed by atoms with Gasteiger partial charge in [-0.1, -0.05) is 6.07 Å². The highest BCUT2D eigenvalue weighted by Crippen LogP contribution is 2.22. The molecule has 0 radical (unpaired) electrons. The number of hydrogen-bond donors (Lipinski definition) is 1. The Morgan fingerprint density at radius 1 is 1.39 bits per heavy atom. The van der Waals surface area contributed by atoms with E-state index in [2.05, 4.69) is 0 Å². The molecule has 1 unspecified atom stereocenters. The second-order valence-corrected chi connectivity index (χ2v) is 6.62. The maximum atomic E-state index is 11.8. The third kappa shape index (κ3) is 3.44. The van der Waals surface area contributed by atoms with Crippen molar-refractivity contribution in [1.82, 2.24) is 4.31 Å². The quantitative estimate of drug-likeness (QED) is 0.864. The lowest BCUT2D eigenvalue weighted by Gasteiger charge is -2.18. The van der Waals surface area contributed by atoms with Gasteiger partial charge >= 0.3 is 0 Å². The Hall–Kier alpha value is -1.11. The third-order valence-corrected chi connectivity index (χ3v) is 4.72. The molecule has 0 saturated carbocycles. The summed E-state index contributed by atoms with van der Waals surface area (Å²) >= 11 is 0. The predicted molar refractivity (Wildman–Crippen MR) is 72.1 cm³/mol. The van der Waals surface area contributed by atoms with Crippen LogP contribution in [0.4, 0.5) is 0 Å². The van der Waals surface area contributed by atoms with Crippen LogP contribution in [-0.4, -0.2) is 39.7 Å². The van der Waals surface area contributed by atoms with E-state index in [1.807, 2.05) is 19.1 Å². The van der Waals surface area contributed by atoms with Crippen molar-refractivity contribution in [2.75, 3.05) is 27.0 Å². The summed E-state index contributed by atoms with van der Waals surface area (Å²) in [5.74, 6) is 0.631. The molecule has 0 amide bonds. The number of hydrogen-bond acceptors (Lipinski definition) is 4. The molecule has 1 aromatic carbocycles. The van der Waals surface area contributed by atoms with Crippen LogP contribution in [0.3, 0.4) is 0 Å². The van der Waals surface area contributed by atoms with E-state index < -0.39 is 16.1 Å². The molecule has 2 N–H and O–H groups in total. The van der Waals surface area contributed by atoms with Crippen LogP contribution in [0.1, 0.15) is 17.2 Å². The van der Waals surface area contributed by atoms with Crippen LogP contribution in [0, 0.1) is 6.92 Å². The lowest BCUT2D eigenvalue weighted by atomic mass is 10.0. The van der Waals surface area contributed by atoms with Crippen LogP contribution in [-0.2, 0) is 10.0 Å². The van der Waals surface area contributed by atoms with Crippen molar-refractivity contribution in [2.24, 2.45) is 5.73 Å². The van der Waals surface area contributed by atoms with E-state index >= 15 is 0 Å². The summed E-state index contributed by atoms with van der Waals surface area (Å²) in [6, 6.07) is 4.90.